The summed E-state index contributed by atoms with van der Waals surface area (Å²) in [5.41, 5.74) is 1.72. The first-order chi connectivity index (χ1) is 9.59. The van der Waals surface area contributed by atoms with Gasteiger partial charge in [0.15, 0.2) is 0 Å². The summed E-state index contributed by atoms with van der Waals surface area (Å²) in [6.45, 7) is 1.85. The summed E-state index contributed by atoms with van der Waals surface area (Å²) in [4.78, 5) is 26.1. The smallest absolute Gasteiger partial charge is 0.262 e. The van der Waals surface area contributed by atoms with E-state index in [1.165, 1.54) is 4.90 Å². The molecule has 1 unspecified atom stereocenters. The van der Waals surface area contributed by atoms with Crippen LogP contribution in [0, 0.1) is 0 Å². The van der Waals surface area contributed by atoms with Gasteiger partial charge in [-0.15, -0.1) is 0 Å². The van der Waals surface area contributed by atoms with Crippen LogP contribution >= 0.6 is 11.6 Å². The first kappa shape index (κ1) is 12.9. The minimum Gasteiger partial charge on any atom is -0.269 e. The van der Waals surface area contributed by atoms with E-state index in [1.54, 1.807) is 18.2 Å². The van der Waals surface area contributed by atoms with Gasteiger partial charge >= 0.3 is 0 Å². The molecule has 0 N–H and O–H groups in total. The first-order valence-electron chi connectivity index (χ1n) is 6.32. The van der Waals surface area contributed by atoms with Gasteiger partial charge in [-0.05, 0) is 30.7 Å². The van der Waals surface area contributed by atoms with Gasteiger partial charge in [0, 0.05) is 5.02 Å². The predicted molar refractivity (Wildman–Crippen MR) is 76.8 cm³/mol. The largest absolute Gasteiger partial charge is 0.269 e. The lowest BCUT2D eigenvalue weighted by atomic mass is 10.1. The van der Waals surface area contributed by atoms with Gasteiger partial charge in [0.05, 0.1) is 17.2 Å². The van der Waals surface area contributed by atoms with Gasteiger partial charge < -0.3 is 0 Å². The molecular formula is C16H12ClNO2. The molecule has 1 aliphatic rings. The fourth-order valence-electron chi connectivity index (χ4n) is 2.46. The molecule has 1 heterocycles. The lowest BCUT2D eigenvalue weighted by molar-refractivity contribution is 0.0595. The molecule has 0 saturated heterocycles. The Morgan fingerprint density at radius 2 is 1.60 bits per heavy atom. The number of fused-ring (bicyclic) bond motifs is 1. The second-order valence-corrected chi connectivity index (χ2v) is 5.19. The average molecular weight is 286 g/mol. The minimum atomic E-state index is -0.303. The molecule has 2 aromatic carbocycles. The van der Waals surface area contributed by atoms with Gasteiger partial charge in [-0.25, -0.2) is 0 Å². The quantitative estimate of drug-likeness (QED) is 0.789. The molecule has 2 aromatic rings. The summed E-state index contributed by atoms with van der Waals surface area (Å²) >= 11 is 5.90. The van der Waals surface area contributed by atoms with Crippen molar-refractivity contribution in [3.8, 4) is 0 Å². The number of halogens is 1. The molecular weight excluding hydrogens is 274 g/mol. The van der Waals surface area contributed by atoms with E-state index in [1.807, 2.05) is 37.3 Å². The van der Waals surface area contributed by atoms with Crippen molar-refractivity contribution < 1.29 is 9.59 Å². The van der Waals surface area contributed by atoms with Crippen LogP contribution in [0.25, 0.3) is 0 Å². The highest BCUT2D eigenvalue weighted by Gasteiger charge is 2.38. The Labute approximate surface area is 121 Å². The standard InChI is InChI=1S/C16H12ClNO2/c1-10(11-5-3-2-4-6-11)18-15(19)13-8-7-12(17)9-14(13)16(18)20/h2-10H,1H3. The van der Waals surface area contributed by atoms with Crippen molar-refractivity contribution >= 4 is 23.4 Å². The van der Waals surface area contributed by atoms with Gasteiger partial charge in [-0.3, -0.25) is 14.5 Å². The van der Waals surface area contributed by atoms with Gasteiger partial charge in [0.25, 0.3) is 11.8 Å². The topological polar surface area (TPSA) is 37.4 Å². The summed E-state index contributed by atoms with van der Waals surface area (Å²) in [6.07, 6.45) is 0. The molecule has 3 nitrogen and oxygen atoms in total. The summed E-state index contributed by atoms with van der Waals surface area (Å²) in [7, 11) is 0. The van der Waals surface area contributed by atoms with E-state index in [9.17, 15) is 9.59 Å². The second kappa shape index (κ2) is 4.76. The predicted octanol–water partition coefficient (Wildman–Crippen LogP) is 3.70. The van der Waals surface area contributed by atoms with Crippen LogP contribution in [0.1, 0.15) is 39.2 Å². The molecule has 0 saturated carbocycles. The average Bonchev–Trinajstić information content (AvgIpc) is 2.71. The van der Waals surface area contributed by atoms with Crippen molar-refractivity contribution in [2.75, 3.05) is 0 Å². The third kappa shape index (κ3) is 1.91. The maximum atomic E-state index is 12.4. The number of hydrogen-bond acceptors (Lipinski definition) is 2. The zero-order chi connectivity index (χ0) is 14.3. The van der Waals surface area contributed by atoms with Crippen LogP contribution in [0.4, 0.5) is 0 Å². The molecule has 2 amide bonds. The molecule has 100 valence electrons. The van der Waals surface area contributed by atoms with Crippen LogP contribution in [0.15, 0.2) is 48.5 Å². The minimum absolute atomic E-state index is 0.266. The molecule has 0 aromatic heterocycles. The summed E-state index contributed by atoms with van der Waals surface area (Å²) in [6, 6.07) is 14.0. The van der Waals surface area contributed by atoms with E-state index < -0.39 is 0 Å². The van der Waals surface area contributed by atoms with Crippen molar-refractivity contribution in [1.29, 1.82) is 0 Å². The lowest BCUT2D eigenvalue weighted by Crippen LogP contribution is -2.32. The highest BCUT2D eigenvalue weighted by molar-refractivity contribution is 6.32. The summed E-state index contributed by atoms with van der Waals surface area (Å²) in [5, 5.41) is 0.458. The highest BCUT2D eigenvalue weighted by atomic mass is 35.5. The SMILES string of the molecule is CC(c1ccccc1)N1C(=O)c2ccc(Cl)cc2C1=O. The fraction of sp³-hybridized carbons (Fsp3) is 0.125. The van der Waals surface area contributed by atoms with E-state index in [2.05, 4.69) is 0 Å². The number of carbonyl (C=O) groups is 2. The Morgan fingerprint density at radius 1 is 0.950 bits per heavy atom. The van der Waals surface area contributed by atoms with Crippen molar-refractivity contribution in [2.24, 2.45) is 0 Å². The number of nitrogens with zero attached hydrogens (tertiary/aromatic N) is 1. The third-order valence-corrected chi connectivity index (χ3v) is 3.78. The van der Waals surface area contributed by atoms with Crippen LogP contribution in [0.5, 0.6) is 0 Å². The fourth-order valence-corrected chi connectivity index (χ4v) is 2.64. The van der Waals surface area contributed by atoms with Crippen molar-refractivity contribution in [1.82, 2.24) is 4.90 Å². The van der Waals surface area contributed by atoms with E-state index in [4.69, 9.17) is 11.6 Å². The van der Waals surface area contributed by atoms with Crippen LogP contribution in [-0.4, -0.2) is 16.7 Å². The number of amides is 2. The van der Waals surface area contributed by atoms with Gasteiger partial charge in [0.1, 0.15) is 0 Å². The van der Waals surface area contributed by atoms with E-state index in [-0.39, 0.29) is 17.9 Å². The number of benzene rings is 2. The van der Waals surface area contributed by atoms with Crippen LogP contribution < -0.4 is 0 Å². The van der Waals surface area contributed by atoms with E-state index in [0.29, 0.717) is 16.1 Å². The molecule has 0 spiro atoms. The molecule has 1 atom stereocenters. The third-order valence-electron chi connectivity index (χ3n) is 3.55. The maximum Gasteiger partial charge on any atom is 0.262 e. The van der Waals surface area contributed by atoms with Crippen molar-refractivity contribution in [3.05, 3.63) is 70.2 Å². The Hall–Kier alpha value is -2.13. The Kier molecular flexibility index (Phi) is 3.07. The zero-order valence-electron chi connectivity index (χ0n) is 10.8. The number of imide groups is 1. The second-order valence-electron chi connectivity index (χ2n) is 4.76. The molecule has 3 rings (SSSR count). The van der Waals surface area contributed by atoms with E-state index >= 15 is 0 Å². The maximum absolute atomic E-state index is 12.4. The van der Waals surface area contributed by atoms with Crippen LogP contribution in [-0.2, 0) is 0 Å². The number of hydrogen-bond donors (Lipinski definition) is 0. The zero-order valence-corrected chi connectivity index (χ0v) is 11.6. The van der Waals surface area contributed by atoms with Gasteiger partial charge in [0.2, 0.25) is 0 Å². The Morgan fingerprint density at radius 3 is 2.30 bits per heavy atom. The molecule has 20 heavy (non-hydrogen) atoms. The molecule has 0 aliphatic carbocycles. The molecule has 0 bridgehead atoms. The summed E-state index contributed by atoms with van der Waals surface area (Å²) < 4.78 is 0. The van der Waals surface area contributed by atoms with Crippen molar-refractivity contribution in [2.45, 2.75) is 13.0 Å². The highest BCUT2D eigenvalue weighted by Crippen LogP contribution is 2.32. The normalized spacial score (nSPS) is 15.4. The van der Waals surface area contributed by atoms with Crippen LogP contribution in [0.3, 0.4) is 0 Å². The Bertz CT molecular complexity index is 697. The summed E-state index contributed by atoms with van der Waals surface area (Å²) in [5.74, 6) is -0.554. The Balaban J connectivity index is 2.02. The van der Waals surface area contributed by atoms with Gasteiger partial charge in [-0.1, -0.05) is 41.9 Å². The first-order valence-corrected chi connectivity index (χ1v) is 6.70. The monoisotopic (exact) mass is 285 g/mol. The molecule has 0 fully saturated rings. The van der Waals surface area contributed by atoms with E-state index in [0.717, 1.165) is 5.56 Å². The number of carbonyl (C=O) groups excluding carboxylic acids is 2. The van der Waals surface area contributed by atoms with Crippen LogP contribution in [0.2, 0.25) is 5.02 Å². The molecule has 1 aliphatic heterocycles. The van der Waals surface area contributed by atoms with Crippen molar-refractivity contribution in [3.63, 3.8) is 0 Å². The molecule has 4 heteroatoms. The molecule has 0 radical (unpaired) electrons. The lowest BCUT2D eigenvalue weighted by Gasteiger charge is -2.22. The number of rotatable bonds is 2. The van der Waals surface area contributed by atoms with Gasteiger partial charge in [-0.2, -0.15) is 0 Å².